The minimum Gasteiger partial charge on any atom is -0.455 e. The van der Waals surface area contributed by atoms with E-state index in [0.717, 1.165) is 0 Å². The summed E-state index contributed by atoms with van der Waals surface area (Å²) in [5.41, 5.74) is 9.12. The Morgan fingerprint density at radius 1 is 1.28 bits per heavy atom. The van der Waals surface area contributed by atoms with Crippen LogP contribution in [0.4, 0.5) is 0 Å². The van der Waals surface area contributed by atoms with Crippen molar-refractivity contribution in [3.8, 4) is 0 Å². The van der Waals surface area contributed by atoms with Crippen LogP contribution in [0.1, 0.15) is 10.4 Å². The number of halogens is 1. The molecule has 2 fully saturated rings. The molecule has 0 aliphatic carbocycles. The fourth-order valence-corrected chi connectivity index (χ4v) is 2.82. The maximum atomic E-state index is 12.4. The van der Waals surface area contributed by atoms with Crippen LogP contribution in [0.3, 0.4) is 0 Å². The zero-order valence-corrected chi connectivity index (χ0v) is 13.6. The van der Waals surface area contributed by atoms with Gasteiger partial charge in [0, 0.05) is 4.91 Å². The number of azide groups is 1. The lowest BCUT2D eigenvalue weighted by Gasteiger charge is -2.37. The van der Waals surface area contributed by atoms with E-state index in [1.807, 2.05) is 0 Å². The second-order valence-electron chi connectivity index (χ2n) is 5.40. The van der Waals surface area contributed by atoms with Crippen LogP contribution in [0, 0.1) is 0 Å². The van der Waals surface area contributed by atoms with Gasteiger partial charge in [0.15, 0.2) is 18.5 Å². The normalized spacial score (nSPS) is 30.2. The molecule has 1 aromatic carbocycles. The van der Waals surface area contributed by atoms with Gasteiger partial charge in [-0.15, -0.1) is 11.6 Å². The molecule has 2 heterocycles. The highest BCUT2D eigenvalue weighted by Gasteiger charge is 2.54. The number of alkyl halides is 1. The van der Waals surface area contributed by atoms with Crippen molar-refractivity contribution in [3.63, 3.8) is 0 Å². The predicted molar refractivity (Wildman–Crippen MR) is 83.8 cm³/mol. The van der Waals surface area contributed by atoms with Gasteiger partial charge in [-0.2, -0.15) is 0 Å². The molecule has 3 rings (SSSR count). The first kappa shape index (κ1) is 17.5. The van der Waals surface area contributed by atoms with E-state index in [9.17, 15) is 9.59 Å². The highest BCUT2D eigenvalue weighted by atomic mass is 35.5. The molecule has 2 bridgehead atoms. The molecule has 10 heteroatoms. The monoisotopic (exact) mass is 367 g/mol. The summed E-state index contributed by atoms with van der Waals surface area (Å²) in [6.07, 6.45) is -3.56. The van der Waals surface area contributed by atoms with Crippen LogP contribution in [-0.4, -0.2) is 55.1 Å². The zero-order valence-electron chi connectivity index (χ0n) is 12.9. The van der Waals surface area contributed by atoms with Crippen LogP contribution in [0.15, 0.2) is 35.4 Å². The van der Waals surface area contributed by atoms with E-state index >= 15 is 0 Å². The Labute approximate surface area is 147 Å². The van der Waals surface area contributed by atoms with Gasteiger partial charge in [0.05, 0.1) is 12.2 Å². The smallest absolute Gasteiger partial charge is 0.338 e. The van der Waals surface area contributed by atoms with Gasteiger partial charge in [-0.1, -0.05) is 23.3 Å². The van der Waals surface area contributed by atoms with Crippen molar-refractivity contribution >= 4 is 23.5 Å². The summed E-state index contributed by atoms with van der Waals surface area (Å²) in [5.74, 6) is -1.73. The largest absolute Gasteiger partial charge is 0.455 e. The Morgan fingerprint density at radius 3 is 2.72 bits per heavy atom. The molecule has 0 amide bonds. The third-order valence-corrected chi connectivity index (χ3v) is 4.07. The molecule has 5 atom stereocenters. The van der Waals surface area contributed by atoms with E-state index in [4.69, 9.17) is 36.1 Å². The number of hydrogen-bond acceptors (Lipinski definition) is 7. The minimum absolute atomic E-state index is 0.113. The maximum absolute atomic E-state index is 12.4. The Morgan fingerprint density at radius 2 is 2.04 bits per heavy atom. The van der Waals surface area contributed by atoms with Gasteiger partial charge in [0.1, 0.15) is 18.0 Å². The number of benzene rings is 1. The molecule has 0 spiro atoms. The summed E-state index contributed by atoms with van der Waals surface area (Å²) in [6, 6.07) is 7.29. The van der Waals surface area contributed by atoms with Crippen molar-refractivity contribution in [1.29, 1.82) is 0 Å². The third-order valence-electron chi connectivity index (χ3n) is 3.85. The van der Waals surface area contributed by atoms with Crippen molar-refractivity contribution in [2.45, 2.75) is 30.6 Å². The Kier molecular flexibility index (Phi) is 5.40. The second-order valence-corrected chi connectivity index (χ2v) is 5.66. The van der Waals surface area contributed by atoms with Gasteiger partial charge < -0.3 is 18.9 Å². The average Bonchev–Trinajstić information content (AvgIpc) is 3.08. The van der Waals surface area contributed by atoms with Crippen LogP contribution in [0.2, 0.25) is 0 Å². The molecule has 2 aliphatic rings. The minimum atomic E-state index is -1.05. The molecule has 132 valence electrons. The van der Waals surface area contributed by atoms with Crippen molar-refractivity contribution in [3.05, 3.63) is 46.3 Å². The summed E-state index contributed by atoms with van der Waals surface area (Å²) < 4.78 is 21.7. The van der Waals surface area contributed by atoms with E-state index in [1.165, 1.54) is 0 Å². The molecule has 2 saturated heterocycles. The van der Waals surface area contributed by atoms with Crippen molar-refractivity contribution in [2.75, 3.05) is 12.5 Å². The molecule has 0 saturated carbocycles. The molecular weight excluding hydrogens is 354 g/mol. The quantitative estimate of drug-likeness (QED) is 0.257. The highest BCUT2D eigenvalue weighted by molar-refractivity contribution is 6.26. The molecule has 0 radical (unpaired) electrons. The molecule has 0 aromatic heterocycles. The molecule has 0 N–H and O–H groups in total. The third kappa shape index (κ3) is 3.69. The van der Waals surface area contributed by atoms with Crippen molar-refractivity contribution < 1.29 is 28.5 Å². The van der Waals surface area contributed by atoms with Gasteiger partial charge in [0.25, 0.3) is 0 Å². The van der Waals surface area contributed by atoms with E-state index in [0.29, 0.717) is 5.56 Å². The van der Waals surface area contributed by atoms with Crippen LogP contribution >= 0.6 is 11.6 Å². The topological polar surface area (TPSA) is 120 Å². The fraction of sp³-hybridized carbons (Fsp3) is 0.467. The van der Waals surface area contributed by atoms with Gasteiger partial charge >= 0.3 is 11.9 Å². The maximum Gasteiger partial charge on any atom is 0.338 e. The summed E-state index contributed by atoms with van der Waals surface area (Å²) in [4.78, 5) is 26.8. The summed E-state index contributed by atoms with van der Waals surface area (Å²) in [7, 11) is 0. The van der Waals surface area contributed by atoms with Gasteiger partial charge in [-0.05, 0) is 17.7 Å². The number of ether oxygens (including phenoxy) is 4. The molecule has 2 aliphatic heterocycles. The van der Waals surface area contributed by atoms with Crippen LogP contribution in [0.5, 0.6) is 0 Å². The summed E-state index contributed by atoms with van der Waals surface area (Å²) >= 11 is 5.48. The van der Waals surface area contributed by atoms with Crippen LogP contribution in [-0.2, 0) is 23.7 Å². The lowest BCUT2D eigenvalue weighted by Crippen LogP contribution is -2.56. The molecule has 0 unspecified atom stereocenters. The van der Waals surface area contributed by atoms with E-state index in [2.05, 4.69) is 10.0 Å². The first-order valence-corrected chi connectivity index (χ1v) is 8.00. The first-order chi connectivity index (χ1) is 12.1. The average molecular weight is 368 g/mol. The Bertz CT molecular complexity index is 696. The molecule has 9 nitrogen and oxygen atoms in total. The van der Waals surface area contributed by atoms with Crippen LogP contribution in [0.25, 0.3) is 10.4 Å². The predicted octanol–water partition coefficient (Wildman–Crippen LogP) is 1.80. The Balaban J connectivity index is 1.87. The number of fused-ring (bicyclic) bond motifs is 2. The lowest BCUT2D eigenvalue weighted by molar-refractivity contribution is -0.198. The van der Waals surface area contributed by atoms with E-state index < -0.39 is 42.6 Å². The highest BCUT2D eigenvalue weighted by Crippen LogP contribution is 2.34. The summed E-state index contributed by atoms with van der Waals surface area (Å²) in [5, 5.41) is 3.60. The molecule has 25 heavy (non-hydrogen) atoms. The summed E-state index contributed by atoms with van der Waals surface area (Å²) in [6.45, 7) is 0.113. The van der Waals surface area contributed by atoms with Gasteiger partial charge in [-0.3, -0.25) is 4.79 Å². The van der Waals surface area contributed by atoms with Crippen molar-refractivity contribution in [2.24, 2.45) is 5.11 Å². The number of nitrogens with zero attached hydrogens (tertiary/aromatic N) is 3. The Hall–Kier alpha value is -2.32. The standard InChI is InChI=1S/C15H14ClN3O6/c16-6-10(20)24-12-9-7-22-15(23-9)11(18-19-17)13(12)25-14(21)8-4-2-1-3-5-8/h1-5,9,11-13,15H,6-7H2/t9-,11-,12-,13-,15-/m1/s1. The van der Waals surface area contributed by atoms with E-state index in [1.54, 1.807) is 30.3 Å². The van der Waals surface area contributed by atoms with Gasteiger partial charge in [-0.25, -0.2) is 4.79 Å². The first-order valence-electron chi connectivity index (χ1n) is 7.46. The number of carbonyl (C=O) groups excluding carboxylic acids is 2. The zero-order chi connectivity index (χ0) is 17.8. The van der Waals surface area contributed by atoms with Crippen molar-refractivity contribution in [1.82, 2.24) is 0 Å². The van der Waals surface area contributed by atoms with E-state index in [-0.39, 0.29) is 12.5 Å². The van der Waals surface area contributed by atoms with Crippen LogP contribution < -0.4 is 0 Å². The van der Waals surface area contributed by atoms with Gasteiger partial charge in [0.2, 0.25) is 0 Å². The SMILES string of the molecule is [N-]=[N+]=N[C@H]1[C@@H]2OC[C@@H](O2)[C@@H](OC(=O)CCl)[C@@H]1OC(=O)c1ccccc1. The number of rotatable bonds is 5. The molecular formula is C15H14ClN3O6. The number of esters is 2. The second kappa shape index (κ2) is 7.71. The fourth-order valence-electron chi connectivity index (χ4n) is 2.76. The number of carbonyl (C=O) groups is 2. The lowest BCUT2D eigenvalue weighted by atomic mass is 9.98. The molecule has 1 aromatic rings. The number of hydrogen-bond donors (Lipinski definition) is 0.